The van der Waals surface area contributed by atoms with Crippen LogP contribution in [0.2, 0.25) is 0 Å². The van der Waals surface area contributed by atoms with E-state index in [2.05, 4.69) is 15.7 Å². The van der Waals surface area contributed by atoms with E-state index in [1.165, 1.54) is 19.8 Å². The second-order valence-corrected chi connectivity index (χ2v) is 5.02. The quantitative estimate of drug-likeness (QED) is 0.862. The van der Waals surface area contributed by atoms with Crippen LogP contribution >= 0.6 is 0 Å². The molecule has 0 aliphatic heterocycles. The highest BCUT2D eigenvalue weighted by Crippen LogP contribution is 2.32. The monoisotopic (exact) mass is 264 g/mol. The number of aryl methyl sites for hydroxylation is 1. The molecule has 1 aromatic rings. The first-order valence-corrected chi connectivity index (χ1v) is 6.66. The number of rotatable bonds is 4. The molecule has 0 aromatic carbocycles. The van der Waals surface area contributed by atoms with Gasteiger partial charge in [-0.2, -0.15) is 5.10 Å². The fourth-order valence-electron chi connectivity index (χ4n) is 2.41. The van der Waals surface area contributed by atoms with Crippen LogP contribution in [0.15, 0.2) is 6.20 Å². The molecule has 0 radical (unpaired) electrons. The predicted molar refractivity (Wildman–Crippen MR) is 71.8 cm³/mol. The summed E-state index contributed by atoms with van der Waals surface area (Å²) in [5.74, 6) is 0.316. The van der Waals surface area contributed by atoms with Gasteiger partial charge in [0.05, 0.1) is 18.8 Å². The van der Waals surface area contributed by atoms with Crippen molar-refractivity contribution >= 4 is 17.6 Å². The summed E-state index contributed by atoms with van der Waals surface area (Å²) < 4.78 is 1.91. The van der Waals surface area contributed by atoms with Crippen molar-refractivity contribution in [1.82, 2.24) is 15.1 Å². The zero-order valence-electron chi connectivity index (χ0n) is 11.4. The zero-order valence-corrected chi connectivity index (χ0v) is 11.4. The largest absolute Gasteiger partial charge is 0.347 e. The van der Waals surface area contributed by atoms with Crippen LogP contribution in [0.5, 0.6) is 0 Å². The van der Waals surface area contributed by atoms with Crippen molar-refractivity contribution in [1.29, 1.82) is 0 Å². The number of nitrogens with zero attached hydrogens (tertiary/aromatic N) is 2. The molecule has 104 valence electrons. The number of anilines is 1. The summed E-state index contributed by atoms with van der Waals surface area (Å²) in [4.78, 5) is 22.6. The third-order valence-electron chi connectivity index (χ3n) is 3.40. The van der Waals surface area contributed by atoms with E-state index in [0.29, 0.717) is 6.04 Å². The Balaban J connectivity index is 2.04. The minimum absolute atomic E-state index is 0.00931. The molecule has 0 atom stereocenters. The maximum atomic E-state index is 11.8. The van der Waals surface area contributed by atoms with Crippen LogP contribution in [-0.2, 0) is 9.59 Å². The van der Waals surface area contributed by atoms with Crippen LogP contribution in [0.1, 0.15) is 44.2 Å². The lowest BCUT2D eigenvalue weighted by Crippen LogP contribution is -2.32. The van der Waals surface area contributed by atoms with Crippen molar-refractivity contribution in [3.8, 4) is 0 Å². The van der Waals surface area contributed by atoms with E-state index in [4.69, 9.17) is 0 Å². The van der Waals surface area contributed by atoms with Gasteiger partial charge in [-0.3, -0.25) is 9.59 Å². The fraction of sp³-hybridized carbons (Fsp3) is 0.615. The molecule has 2 amide bonds. The summed E-state index contributed by atoms with van der Waals surface area (Å²) in [6.07, 6.45) is 6.41. The van der Waals surface area contributed by atoms with Crippen molar-refractivity contribution in [3.63, 3.8) is 0 Å². The minimum atomic E-state index is -0.224. The second kappa shape index (κ2) is 5.86. The number of carbonyl (C=O) groups excluding carboxylic acids is 2. The van der Waals surface area contributed by atoms with E-state index in [1.807, 2.05) is 11.6 Å². The molecule has 6 heteroatoms. The topological polar surface area (TPSA) is 76.0 Å². The molecule has 0 spiro atoms. The lowest BCUT2D eigenvalue weighted by Gasteiger charge is -2.15. The molecule has 1 aliphatic rings. The van der Waals surface area contributed by atoms with Gasteiger partial charge >= 0.3 is 0 Å². The Kier molecular flexibility index (Phi) is 4.19. The summed E-state index contributed by atoms with van der Waals surface area (Å²) >= 11 is 0. The highest BCUT2D eigenvalue weighted by atomic mass is 16.2. The predicted octanol–water partition coefficient (Wildman–Crippen LogP) is 1.38. The Bertz CT molecular complexity index is 475. The molecule has 0 unspecified atom stereocenters. The Hall–Kier alpha value is -1.85. The molecular formula is C13H20N4O2. The van der Waals surface area contributed by atoms with Gasteiger partial charge in [-0.1, -0.05) is 12.8 Å². The maximum Gasteiger partial charge on any atom is 0.244 e. The van der Waals surface area contributed by atoms with Crippen LogP contribution in [0.3, 0.4) is 0 Å². The maximum absolute atomic E-state index is 11.8. The Morgan fingerprint density at radius 2 is 2.11 bits per heavy atom. The molecule has 1 fully saturated rings. The Morgan fingerprint density at radius 1 is 1.42 bits per heavy atom. The van der Waals surface area contributed by atoms with Gasteiger partial charge in [0.2, 0.25) is 11.8 Å². The fourth-order valence-corrected chi connectivity index (χ4v) is 2.41. The molecule has 19 heavy (non-hydrogen) atoms. The minimum Gasteiger partial charge on any atom is -0.347 e. The van der Waals surface area contributed by atoms with Gasteiger partial charge in [-0.25, -0.2) is 4.68 Å². The van der Waals surface area contributed by atoms with Crippen LogP contribution < -0.4 is 10.6 Å². The van der Waals surface area contributed by atoms with E-state index in [0.717, 1.165) is 24.2 Å². The summed E-state index contributed by atoms with van der Waals surface area (Å²) in [6.45, 7) is 3.30. The molecule has 1 aromatic heterocycles. The first kappa shape index (κ1) is 13.6. The Labute approximate surface area is 112 Å². The van der Waals surface area contributed by atoms with E-state index in [9.17, 15) is 9.59 Å². The SMILES string of the molecule is CC(=O)NCC(=O)Nc1c(C)cnn1C1CCCC1. The second-order valence-electron chi connectivity index (χ2n) is 5.02. The average molecular weight is 264 g/mol. The van der Waals surface area contributed by atoms with E-state index in [-0.39, 0.29) is 18.4 Å². The van der Waals surface area contributed by atoms with Crippen molar-refractivity contribution in [2.45, 2.75) is 45.6 Å². The number of aromatic nitrogens is 2. The van der Waals surface area contributed by atoms with Gasteiger partial charge < -0.3 is 10.6 Å². The standard InChI is InChI=1S/C13H20N4O2/c1-9-7-15-17(11-5-3-4-6-11)13(9)16-12(19)8-14-10(2)18/h7,11H,3-6,8H2,1-2H3,(H,14,18)(H,16,19). The first-order chi connectivity index (χ1) is 9.08. The lowest BCUT2D eigenvalue weighted by molar-refractivity contribution is -0.122. The van der Waals surface area contributed by atoms with E-state index in [1.54, 1.807) is 6.20 Å². The molecule has 1 aliphatic carbocycles. The van der Waals surface area contributed by atoms with Crippen LogP contribution in [-0.4, -0.2) is 28.1 Å². The van der Waals surface area contributed by atoms with Crippen LogP contribution in [0, 0.1) is 6.92 Å². The van der Waals surface area contributed by atoms with Crippen LogP contribution in [0.25, 0.3) is 0 Å². The highest BCUT2D eigenvalue weighted by Gasteiger charge is 2.22. The van der Waals surface area contributed by atoms with Crippen molar-refractivity contribution in [2.75, 3.05) is 11.9 Å². The van der Waals surface area contributed by atoms with E-state index < -0.39 is 0 Å². The third-order valence-corrected chi connectivity index (χ3v) is 3.40. The molecule has 0 saturated heterocycles. The van der Waals surface area contributed by atoms with Crippen molar-refractivity contribution < 1.29 is 9.59 Å². The highest BCUT2D eigenvalue weighted by molar-refractivity contribution is 5.94. The van der Waals surface area contributed by atoms with Gasteiger partial charge in [0.15, 0.2) is 0 Å². The van der Waals surface area contributed by atoms with Crippen molar-refractivity contribution in [2.24, 2.45) is 0 Å². The van der Waals surface area contributed by atoms with Gasteiger partial charge in [0, 0.05) is 12.5 Å². The number of nitrogens with one attached hydrogen (secondary N) is 2. The normalized spacial score (nSPS) is 15.5. The number of hydrogen-bond donors (Lipinski definition) is 2. The van der Waals surface area contributed by atoms with Gasteiger partial charge in [0.25, 0.3) is 0 Å². The number of carbonyl (C=O) groups is 2. The zero-order chi connectivity index (χ0) is 13.8. The molecule has 2 rings (SSSR count). The molecule has 1 saturated carbocycles. The molecule has 2 N–H and O–H groups in total. The first-order valence-electron chi connectivity index (χ1n) is 6.66. The summed E-state index contributed by atoms with van der Waals surface area (Å²) in [5.41, 5.74) is 0.947. The molecular weight excluding hydrogens is 244 g/mol. The van der Waals surface area contributed by atoms with Gasteiger partial charge in [-0.05, 0) is 19.8 Å². The summed E-state index contributed by atoms with van der Waals surface area (Å²) in [6, 6.07) is 0.379. The molecule has 0 bridgehead atoms. The summed E-state index contributed by atoms with van der Waals surface area (Å²) in [5, 5.41) is 9.68. The summed E-state index contributed by atoms with van der Waals surface area (Å²) in [7, 11) is 0. The van der Waals surface area contributed by atoms with Gasteiger partial charge in [-0.15, -0.1) is 0 Å². The van der Waals surface area contributed by atoms with Gasteiger partial charge in [0.1, 0.15) is 5.82 Å². The smallest absolute Gasteiger partial charge is 0.244 e. The number of amides is 2. The van der Waals surface area contributed by atoms with Crippen molar-refractivity contribution in [3.05, 3.63) is 11.8 Å². The van der Waals surface area contributed by atoms with E-state index >= 15 is 0 Å². The Morgan fingerprint density at radius 3 is 2.74 bits per heavy atom. The lowest BCUT2D eigenvalue weighted by atomic mass is 10.2. The number of hydrogen-bond acceptors (Lipinski definition) is 3. The average Bonchev–Trinajstić information content (AvgIpc) is 2.98. The van der Waals surface area contributed by atoms with Crippen LogP contribution in [0.4, 0.5) is 5.82 Å². The molecule has 6 nitrogen and oxygen atoms in total. The third kappa shape index (κ3) is 3.33. The molecule has 1 heterocycles.